The van der Waals surface area contributed by atoms with Crippen LogP contribution in [-0.4, -0.2) is 48.6 Å². The fraction of sp³-hybridized carbons (Fsp3) is 0.611. The predicted octanol–water partition coefficient (Wildman–Crippen LogP) is 7.75. The van der Waals surface area contributed by atoms with E-state index in [0.29, 0.717) is 24.3 Å². The van der Waals surface area contributed by atoms with Gasteiger partial charge < -0.3 is 19.7 Å². The first-order valence-corrected chi connectivity index (χ1v) is 16.2. The molecule has 0 spiro atoms. The number of unbranched alkanes of at least 4 members (excludes halogenated alkanes) is 2. The molecule has 0 unspecified atom stereocenters. The minimum Gasteiger partial charge on any atom is -0.461 e. The topological polar surface area (TPSA) is 93.1 Å². The maximum Gasteiger partial charge on any atom is 0.335 e. The van der Waals surface area contributed by atoms with E-state index in [9.17, 15) is 9.59 Å². The van der Waals surface area contributed by atoms with Crippen LogP contribution in [0.1, 0.15) is 101 Å². The van der Waals surface area contributed by atoms with Crippen LogP contribution in [0.15, 0.2) is 54.4 Å². The van der Waals surface area contributed by atoms with Gasteiger partial charge in [0.05, 0.1) is 30.3 Å². The van der Waals surface area contributed by atoms with Crippen molar-refractivity contribution < 1.29 is 38.1 Å². The van der Waals surface area contributed by atoms with Gasteiger partial charge >= 0.3 is 11.9 Å². The molecule has 2 aliphatic rings. The summed E-state index contributed by atoms with van der Waals surface area (Å²) in [6.07, 6.45) is 13.7. The second-order valence-corrected chi connectivity index (χ2v) is 12.6. The van der Waals surface area contributed by atoms with Crippen LogP contribution < -0.4 is 0 Å². The van der Waals surface area contributed by atoms with Crippen molar-refractivity contribution in [2.24, 2.45) is 23.7 Å². The van der Waals surface area contributed by atoms with Crippen LogP contribution in [0.2, 0.25) is 0 Å². The molecule has 244 valence electrons. The molecule has 2 fully saturated rings. The molecule has 1 aromatic carbocycles. The molecule has 0 amide bonds. The SMILES string of the molecule is C=C(CO)C(=O)OCC(COC(=O)C(=C)CO)c1ccc(/C(F)=C(\F)C2CCC(C3CCC(CCCCC)CC3)CC2)cc1. The molecule has 0 bridgehead atoms. The maximum absolute atomic E-state index is 15.4. The Morgan fingerprint density at radius 3 is 1.80 bits per heavy atom. The summed E-state index contributed by atoms with van der Waals surface area (Å²) < 4.78 is 41.1. The number of carbonyl (C=O) groups is 2. The third-order valence-electron chi connectivity index (χ3n) is 9.54. The first kappa shape index (κ1) is 35.6. The van der Waals surface area contributed by atoms with E-state index in [2.05, 4.69) is 20.1 Å². The van der Waals surface area contributed by atoms with Crippen LogP contribution in [0.4, 0.5) is 8.78 Å². The van der Waals surface area contributed by atoms with Crippen LogP contribution in [0.5, 0.6) is 0 Å². The molecule has 0 aromatic heterocycles. The fourth-order valence-electron chi connectivity index (χ4n) is 6.62. The standard InChI is InChI=1S/C36H50F2O6/c1-4-5-6-7-26-8-10-27(11-9-26)28-12-16-30(17-13-28)33(37)34(38)31-18-14-29(15-19-31)32(22-43-35(41)24(2)20-39)23-44-36(42)25(3)21-40/h14-15,18-19,26-28,30,32,39-40H,2-13,16-17,20-23H2,1H3/b34-33+. The van der Waals surface area contributed by atoms with Gasteiger partial charge in [-0.25, -0.2) is 18.4 Å². The first-order valence-electron chi connectivity index (χ1n) is 16.2. The normalized spacial score (nSPS) is 22.7. The van der Waals surface area contributed by atoms with E-state index in [1.807, 2.05) is 0 Å². The summed E-state index contributed by atoms with van der Waals surface area (Å²) in [5, 5.41) is 18.2. The van der Waals surface area contributed by atoms with Crippen molar-refractivity contribution >= 4 is 17.8 Å². The van der Waals surface area contributed by atoms with Gasteiger partial charge in [-0.2, -0.15) is 0 Å². The molecule has 0 radical (unpaired) electrons. The number of carbonyl (C=O) groups excluding carboxylic acids is 2. The first-order chi connectivity index (χ1) is 21.2. The van der Waals surface area contributed by atoms with Crippen molar-refractivity contribution in [2.45, 2.75) is 89.9 Å². The van der Waals surface area contributed by atoms with E-state index in [-0.39, 0.29) is 29.9 Å². The van der Waals surface area contributed by atoms with Gasteiger partial charge in [0.25, 0.3) is 0 Å². The Labute approximate surface area is 261 Å². The van der Waals surface area contributed by atoms with Gasteiger partial charge in [-0.3, -0.25) is 0 Å². The number of hydrogen-bond donors (Lipinski definition) is 2. The van der Waals surface area contributed by atoms with Gasteiger partial charge in [-0.1, -0.05) is 82.9 Å². The second-order valence-electron chi connectivity index (χ2n) is 12.6. The van der Waals surface area contributed by atoms with Crippen molar-refractivity contribution in [3.8, 4) is 0 Å². The zero-order chi connectivity index (χ0) is 32.1. The van der Waals surface area contributed by atoms with E-state index in [1.165, 1.54) is 63.5 Å². The zero-order valence-corrected chi connectivity index (χ0v) is 26.2. The molecule has 0 aliphatic heterocycles. The van der Waals surface area contributed by atoms with Crippen molar-refractivity contribution in [3.63, 3.8) is 0 Å². The molecule has 0 heterocycles. The van der Waals surface area contributed by atoms with Gasteiger partial charge in [-0.05, 0) is 61.8 Å². The number of benzene rings is 1. The Bertz CT molecular complexity index is 1100. The molecule has 8 heteroatoms. The number of hydrogen-bond acceptors (Lipinski definition) is 6. The molecule has 0 saturated heterocycles. The summed E-state index contributed by atoms with van der Waals surface area (Å²) in [6.45, 7) is 7.54. The fourth-order valence-corrected chi connectivity index (χ4v) is 6.62. The monoisotopic (exact) mass is 616 g/mol. The maximum atomic E-state index is 15.4. The molecule has 1 aromatic rings. The van der Waals surface area contributed by atoms with Crippen LogP contribution in [0.25, 0.3) is 5.83 Å². The van der Waals surface area contributed by atoms with Gasteiger partial charge in [0.1, 0.15) is 19.0 Å². The Morgan fingerprint density at radius 2 is 1.32 bits per heavy atom. The molecular formula is C36H50F2O6. The van der Waals surface area contributed by atoms with Gasteiger partial charge in [0.2, 0.25) is 0 Å². The lowest BCUT2D eigenvalue weighted by Gasteiger charge is -2.37. The Hall–Kier alpha value is -2.84. The van der Waals surface area contributed by atoms with E-state index in [4.69, 9.17) is 19.7 Å². The van der Waals surface area contributed by atoms with Gasteiger partial charge in [0, 0.05) is 11.5 Å². The van der Waals surface area contributed by atoms with Gasteiger partial charge in [-0.15, -0.1) is 0 Å². The van der Waals surface area contributed by atoms with Crippen LogP contribution in [0.3, 0.4) is 0 Å². The average molecular weight is 617 g/mol. The Kier molecular flexibility index (Phi) is 14.7. The van der Waals surface area contributed by atoms with E-state index in [1.54, 1.807) is 12.1 Å². The third kappa shape index (κ3) is 10.4. The highest BCUT2D eigenvalue weighted by Gasteiger charge is 2.33. The Morgan fingerprint density at radius 1 is 0.818 bits per heavy atom. The van der Waals surface area contributed by atoms with E-state index in [0.717, 1.165) is 24.7 Å². The number of halogens is 2. The van der Waals surface area contributed by atoms with Crippen molar-refractivity contribution in [3.05, 3.63) is 65.5 Å². The molecule has 44 heavy (non-hydrogen) atoms. The Balaban J connectivity index is 1.58. The summed E-state index contributed by atoms with van der Waals surface area (Å²) in [5.74, 6) is -2.02. The molecule has 2 aliphatic carbocycles. The predicted molar refractivity (Wildman–Crippen MR) is 168 cm³/mol. The molecular weight excluding hydrogens is 566 g/mol. The summed E-state index contributed by atoms with van der Waals surface area (Å²) in [6, 6.07) is 6.08. The number of aliphatic hydroxyl groups is 2. The molecule has 0 atom stereocenters. The summed E-state index contributed by atoms with van der Waals surface area (Å²) in [5.41, 5.74) is 0.413. The van der Waals surface area contributed by atoms with Crippen LogP contribution in [0, 0.1) is 23.7 Å². The number of rotatable bonds is 16. The zero-order valence-electron chi connectivity index (χ0n) is 26.2. The highest BCUT2D eigenvalue weighted by Crippen LogP contribution is 2.45. The lowest BCUT2D eigenvalue weighted by atomic mass is 9.68. The van der Waals surface area contributed by atoms with E-state index < -0.39 is 48.6 Å². The van der Waals surface area contributed by atoms with Crippen LogP contribution >= 0.6 is 0 Å². The average Bonchev–Trinajstić information content (AvgIpc) is 3.07. The largest absolute Gasteiger partial charge is 0.461 e. The lowest BCUT2D eigenvalue weighted by molar-refractivity contribution is -0.142. The van der Waals surface area contributed by atoms with E-state index >= 15 is 8.78 Å². The number of aliphatic hydroxyl groups excluding tert-OH is 2. The highest BCUT2D eigenvalue weighted by molar-refractivity contribution is 5.88. The molecule has 6 nitrogen and oxygen atoms in total. The van der Waals surface area contributed by atoms with Crippen LogP contribution in [-0.2, 0) is 19.1 Å². The quantitative estimate of drug-likeness (QED) is 0.112. The van der Waals surface area contributed by atoms with Gasteiger partial charge in [0.15, 0.2) is 5.83 Å². The third-order valence-corrected chi connectivity index (χ3v) is 9.54. The molecule has 2 N–H and O–H groups in total. The minimum atomic E-state index is -0.861. The number of esters is 2. The van der Waals surface area contributed by atoms with Crippen molar-refractivity contribution in [1.82, 2.24) is 0 Å². The molecule has 3 rings (SSSR count). The minimum absolute atomic E-state index is 0.116. The summed E-state index contributed by atoms with van der Waals surface area (Å²) in [4.78, 5) is 24.0. The lowest BCUT2D eigenvalue weighted by Crippen LogP contribution is -2.26. The highest BCUT2D eigenvalue weighted by atomic mass is 19.2. The number of allylic oxidation sites excluding steroid dienone is 1. The van der Waals surface area contributed by atoms with Crippen molar-refractivity contribution in [2.75, 3.05) is 26.4 Å². The summed E-state index contributed by atoms with van der Waals surface area (Å²) >= 11 is 0. The second kappa shape index (κ2) is 18.2. The summed E-state index contributed by atoms with van der Waals surface area (Å²) in [7, 11) is 0. The number of ether oxygens (including phenoxy) is 2. The molecule has 2 saturated carbocycles. The van der Waals surface area contributed by atoms with Crippen molar-refractivity contribution in [1.29, 1.82) is 0 Å². The smallest absolute Gasteiger partial charge is 0.335 e.